The monoisotopic (exact) mass is 521 g/mol. The van der Waals surface area contributed by atoms with E-state index < -0.39 is 9.04 Å². The Morgan fingerprint density at radius 3 is 2.31 bits per heavy atom. The molecule has 181 valence electrons. The Hall–Kier alpha value is -2.32. The van der Waals surface area contributed by atoms with Crippen molar-refractivity contribution >= 4 is 54.4 Å². The fraction of sp³-hybridized carbons (Fsp3) is 0.370. The molecule has 0 bridgehead atoms. The van der Waals surface area contributed by atoms with Crippen molar-refractivity contribution in [2.45, 2.75) is 64.0 Å². The minimum absolute atomic E-state index is 0.135. The van der Waals surface area contributed by atoms with Gasteiger partial charge < -0.3 is 9.41 Å². The second kappa shape index (κ2) is 9.97. The molecule has 8 heteroatoms. The van der Waals surface area contributed by atoms with E-state index in [4.69, 9.17) is 28.2 Å². The Morgan fingerprint density at radius 1 is 1.00 bits per heavy atom. The largest absolute Gasteiger partial charge is 0.404 e. The van der Waals surface area contributed by atoms with Crippen LogP contribution in [0.4, 0.5) is 0 Å². The number of benzene rings is 2. The maximum absolute atomic E-state index is 6.90. The lowest BCUT2D eigenvalue weighted by molar-refractivity contribution is 0.137. The zero-order valence-electron chi connectivity index (χ0n) is 20.3. The van der Waals surface area contributed by atoms with Gasteiger partial charge in [0.2, 0.25) is 5.28 Å². The number of aromatic amines is 1. The number of hydrogen-bond donors (Lipinski definition) is 1. The van der Waals surface area contributed by atoms with E-state index in [1.54, 1.807) is 6.20 Å². The molecule has 0 aliphatic heterocycles. The van der Waals surface area contributed by atoms with E-state index in [-0.39, 0.29) is 22.8 Å². The van der Waals surface area contributed by atoms with Gasteiger partial charge in [-0.05, 0) is 70.9 Å². The van der Waals surface area contributed by atoms with Crippen LogP contribution in [0.3, 0.4) is 0 Å². The van der Waals surface area contributed by atoms with Gasteiger partial charge in [-0.15, -0.1) is 0 Å². The fourth-order valence-corrected chi connectivity index (χ4v) is 7.45. The third kappa shape index (κ3) is 5.28. The van der Waals surface area contributed by atoms with Crippen LogP contribution in [0.15, 0.2) is 60.8 Å². The maximum atomic E-state index is 6.90. The van der Waals surface area contributed by atoms with E-state index in [2.05, 4.69) is 94.9 Å². The summed E-state index contributed by atoms with van der Waals surface area (Å²) in [6.07, 6.45) is 5.87. The van der Waals surface area contributed by atoms with Gasteiger partial charge in [-0.3, -0.25) is 4.57 Å². The van der Waals surface area contributed by atoms with Crippen LogP contribution in [0.2, 0.25) is 5.28 Å². The van der Waals surface area contributed by atoms with Gasteiger partial charge >= 0.3 is 0 Å². The van der Waals surface area contributed by atoms with E-state index in [0.717, 1.165) is 36.8 Å². The van der Waals surface area contributed by atoms with Crippen LogP contribution >= 0.6 is 23.8 Å². The molecule has 1 aliphatic carbocycles. The summed E-state index contributed by atoms with van der Waals surface area (Å²) in [4.78, 5) is 11.7. The van der Waals surface area contributed by atoms with E-state index >= 15 is 0 Å². The highest BCUT2D eigenvalue weighted by molar-refractivity contribution is 7.71. The highest BCUT2D eigenvalue weighted by Gasteiger charge is 2.29. The normalized spacial score (nSPS) is 18.9. The Bertz CT molecular complexity index is 1360. The van der Waals surface area contributed by atoms with Gasteiger partial charge in [-0.2, -0.15) is 4.98 Å². The van der Waals surface area contributed by atoms with Crippen molar-refractivity contribution in [3.63, 3.8) is 0 Å². The van der Waals surface area contributed by atoms with Crippen LogP contribution in [0.1, 0.15) is 58.1 Å². The smallest absolute Gasteiger partial charge is 0.283 e. The predicted octanol–water partition coefficient (Wildman–Crippen LogP) is 5.75. The molecule has 4 aromatic rings. The zero-order valence-corrected chi connectivity index (χ0v) is 22.9. The molecule has 0 amide bonds. The molecule has 5 rings (SSSR count). The summed E-state index contributed by atoms with van der Waals surface area (Å²) in [7, 11) is -1.35. The average Bonchev–Trinajstić information content (AvgIpc) is 3.18. The first-order valence-electron chi connectivity index (χ1n) is 12.1. The summed E-state index contributed by atoms with van der Waals surface area (Å²) < 4.78 is 9.69. The summed E-state index contributed by atoms with van der Waals surface area (Å²) in [6.45, 7) is 6.75. The quantitative estimate of drug-likeness (QED) is 0.206. The summed E-state index contributed by atoms with van der Waals surface area (Å²) in [5, 5.41) is 2.82. The van der Waals surface area contributed by atoms with Crippen molar-refractivity contribution in [2.24, 2.45) is 0 Å². The van der Waals surface area contributed by atoms with E-state index in [0.29, 0.717) is 4.77 Å². The van der Waals surface area contributed by atoms with Crippen LogP contribution in [0.5, 0.6) is 0 Å². The van der Waals surface area contributed by atoms with E-state index in [1.807, 2.05) is 0 Å². The van der Waals surface area contributed by atoms with E-state index in [1.165, 1.54) is 15.9 Å². The molecule has 0 spiro atoms. The van der Waals surface area contributed by atoms with Crippen molar-refractivity contribution in [2.75, 3.05) is 0 Å². The Morgan fingerprint density at radius 2 is 1.66 bits per heavy atom. The lowest BCUT2D eigenvalue weighted by atomic mass is 9.87. The standard InChI is InChI=1S/C27H30ClN4OSSi/c1-27(2,3)18-9-15-22(16-10-18)35(21-7-5-4-6-8-21)33-20-13-11-19(12-14-20)32-24-23(30-26(32)34)17-29-25(28)31-24/h4-10,15-17,19-20H,11-14H2,1-3H3,(H,30,34). The second-order valence-corrected chi connectivity index (χ2v) is 13.0. The Kier molecular flexibility index (Phi) is 6.94. The summed E-state index contributed by atoms with van der Waals surface area (Å²) in [5.41, 5.74) is 3.09. The molecular weight excluding hydrogens is 492 g/mol. The molecule has 35 heavy (non-hydrogen) atoms. The van der Waals surface area contributed by atoms with Crippen LogP contribution in [0.25, 0.3) is 11.2 Å². The number of nitrogens with one attached hydrogen (secondary N) is 1. The minimum atomic E-state index is -1.35. The first-order valence-corrected chi connectivity index (χ1v) is 14.3. The molecule has 0 unspecified atom stereocenters. The van der Waals surface area contributed by atoms with Crippen LogP contribution in [-0.2, 0) is 9.84 Å². The molecule has 1 N–H and O–H groups in total. The average molecular weight is 522 g/mol. The molecule has 1 radical (unpaired) electrons. The second-order valence-electron chi connectivity index (χ2n) is 10.2. The van der Waals surface area contributed by atoms with Gasteiger partial charge in [-0.25, -0.2) is 4.98 Å². The number of H-pyrrole nitrogens is 1. The number of fused-ring (bicyclic) bond motifs is 1. The number of imidazole rings is 1. The van der Waals surface area contributed by atoms with Gasteiger partial charge in [0.1, 0.15) is 5.52 Å². The third-order valence-corrected chi connectivity index (χ3v) is 9.54. The molecule has 1 saturated carbocycles. The summed E-state index contributed by atoms with van der Waals surface area (Å²) >= 11 is 11.7. The highest BCUT2D eigenvalue weighted by Crippen LogP contribution is 2.33. The minimum Gasteiger partial charge on any atom is -0.404 e. The van der Waals surface area contributed by atoms with Crippen LogP contribution in [0, 0.1) is 4.77 Å². The van der Waals surface area contributed by atoms with Crippen molar-refractivity contribution < 1.29 is 4.43 Å². The van der Waals surface area contributed by atoms with E-state index in [9.17, 15) is 0 Å². The number of nitrogens with zero attached hydrogens (tertiary/aromatic N) is 3. The molecule has 1 aliphatic rings. The number of halogens is 1. The summed E-state index contributed by atoms with van der Waals surface area (Å²) in [5.74, 6) is 0. The van der Waals surface area contributed by atoms with Gasteiger partial charge in [0.25, 0.3) is 9.04 Å². The van der Waals surface area contributed by atoms with Crippen LogP contribution in [-0.4, -0.2) is 34.7 Å². The SMILES string of the molecule is CC(C)(C)c1ccc([Si](OC2CCC(n3c(=S)[nH]c4cnc(Cl)nc43)CC2)c2ccccc2)cc1. The molecule has 5 nitrogen and oxygen atoms in total. The molecule has 0 atom stereocenters. The highest BCUT2D eigenvalue weighted by atomic mass is 35.5. The number of hydrogen-bond acceptors (Lipinski definition) is 4. The van der Waals surface area contributed by atoms with Gasteiger partial charge in [-0.1, -0.05) is 75.4 Å². The van der Waals surface area contributed by atoms with Crippen molar-refractivity contribution in [1.29, 1.82) is 0 Å². The number of aromatic nitrogens is 4. The van der Waals surface area contributed by atoms with Gasteiger partial charge in [0, 0.05) is 12.1 Å². The molecule has 1 fully saturated rings. The van der Waals surface area contributed by atoms with Crippen molar-refractivity contribution in [3.8, 4) is 0 Å². The predicted molar refractivity (Wildman–Crippen MR) is 147 cm³/mol. The zero-order chi connectivity index (χ0) is 24.6. The Labute approximate surface area is 218 Å². The first kappa shape index (κ1) is 24.4. The fourth-order valence-electron chi connectivity index (χ4n) is 4.84. The molecule has 0 saturated heterocycles. The van der Waals surface area contributed by atoms with Crippen LogP contribution < -0.4 is 10.4 Å². The van der Waals surface area contributed by atoms with Crippen molar-refractivity contribution in [1.82, 2.24) is 19.5 Å². The van der Waals surface area contributed by atoms with Crippen molar-refractivity contribution in [3.05, 3.63) is 76.4 Å². The van der Waals surface area contributed by atoms with Gasteiger partial charge in [0.05, 0.1) is 6.20 Å². The molecular formula is C27H30ClN4OSSi. The lowest BCUT2D eigenvalue weighted by Crippen LogP contribution is -2.48. The summed E-state index contributed by atoms with van der Waals surface area (Å²) in [6, 6.07) is 20.0. The van der Waals surface area contributed by atoms with Gasteiger partial charge in [0.15, 0.2) is 10.4 Å². The Balaban J connectivity index is 1.34. The molecule has 2 heterocycles. The first-order chi connectivity index (χ1) is 16.8. The lowest BCUT2D eigenvalue weighted by Gasteiger charge is -2.32. The topological polar surface area (TPSA) is 55.7 Å². The molecule has 2 aromatic heterocycles. The maximum Gasteiger partial charge on any atom is 0.283 e. The third-order valence-electron chi connectivity index (χ3n) is 6.77. The molecule has 2 aromatic carbocycles. The number of rotatable bonds is 5.